The molecule has 0 radical (unpaired) electrons. The molecule has 1 aromatic heterocycles. The molecular formula is C18H21N3O4S. The number of aromatic amines is 1. The van der Waals surface area contributed by atoms with Crippen molar-refractivity contribution in [1.29, 1.82) is 0 Å². The Balaban J connectivity index is 1.58. The van der Waals surface area contributed by atoms with Gasteiger partial charge in [-0.1, -0.05) is 24.3 Å². The molecule has 26 heavy (non-hydrogen) atoms. The van der Waals surface area contributed by atoms with Gasteiger partial charge in [0.1, 0.15) is 5.75 Å². The lowest BCUT2D eigenvalue weighted by Gasteiger charge is -2.08. The van der Waals surface area contributed by atoms with Gasteiger partial charge in [0.25, 0.3) is 0 Å². The fraction of sp³-hybridized carbons (Fsp3) is 0.278. The summed E-state index contributed by atoms with van der Waals surface area (Å²) in [6.45, 7) is 0.420. The van der Waals surface area contributed by atoms with Crippen LogP contribution in [0.25, 0.3) is 11.0 Å². The highest BCUT2D eigenvalue weighted by molar-refractivity contribution is 7.89. The maximum atomic E-state index is 12.2. The third-order valence-electron chi connectivity index (χ3n) is 4.13. The van der Waals surface area contributed by atoms with E-state index in [1.165, 1.54) is 4.57 Å². The van der Waals surface area contributed by atoms with Crippen LogP contribution in [0, 0.1) is 0 Å². The Morgan fingerprint density at radius 3 is 2.77 bits per heavy atom. The molecule has 0 saturated carbocycles. The molecule has 138 valence electrons. The lowest BCUT2D eigenvalue weighted by Crippen LogP contribution is -2.32. The van der Waals surface area contributed by atoms with E-state index >= 15 is 0 Å². The summed E-state index contributed by atoms with van der Waals surface area (Å²) in [7, 11) is -1.86. The summed E-state index contributed by atoms with van der Waals surface area (Å²) in [6.07, 6.45) is 0.388. The maximum Gasteiger partial charge on any atom is 0.326 e. The first-order valence-electron chi connectivity index (χ1n) is 8.26. The molecule has 0 aliphatic carbocycles. The van der Waals surface area contributed by atoms with Crippen molar-refractivity contribution in [3.05, 3.63) is 64.6 Å². The fourth-order valence-electron chi connectivity index (χ4n) is 2.79. The Morgan fingerprint density at radius 1 is 1.15 bits per heavy atom. The first-order chi connectivity index (χ1) is 12.5. The summed E-state index contributed by atoms with van der Waals surface area (Å²) in [5.41, 5.74) is 2.14. The van der Waals surface area contributed by atoms with Gasteiger partial charge in [-0.2, -0.15) is 0 Å². The predicted octanol–water partition coefficient (Wildman–Crippen LogP) is 1.50. The average molecular weight is 375 g/mol. The topological polar surface area (TPSA) is 93.2 Å². The van der Waals surface area contributed by atoms with E-state index < -0.39 is 10.0 Å². The van der Waals surface area contributed by atoms with Crippen LogP contribution in [-0.2, 0) is 23.0 Å². The van der Waals surface area contributed by atoms with E-state index in [-0.39, 0.29) is 24.5 Å². The number of aromatic nitrogens is 2. The standard InChI is InChI=1S/C18H21N3O4S/c1-25-15-6-4-5-14(13-15)9-12-26(23,24)19-10-11-21-17-8-3-2-7-16(17)20-18(21)22/h2-8,13,19H,9-12H2,1H3,(H,20,22). The van der Waals surface area contributed by atoms with Crippen LogP contribution in [0.2, 0.25) is 0 Å². The van der Waals surface area contributed by atoms with Crippen LogP contribution in [0.4, 0.5) is 0 Å². The van der Waals surface area contributed by atoms with Crippen LogP contribution in [0.3, 0.4) is 0 Å². The van der Waals surface area contributed by atoms with E-state index in [2.05, 4.69) is 9.71 Å². The maximum absolute atomic E-state index is 12.2. The van der Waals surface area contributed by atoms with E-state index in [4.69, 9.17) is 4.74 Å². The van der Waals surface area contributed by atoms with Gasteiger partial charge in [0.2, 0.25) is 10.0 Å². The van der Waals surface area contributed by atoms with Crippen molar-refractivity contribution in [2.45, 2.75) is 13.0 Å². The van der Waals surface area contributed by atoms with E-state index in [1.54, 1.807) is 7.11 Å². The molecule has 1 heterocycles. The zero-order chi connectivity index (χ0) is 18.6. The summed E-state index contributed by atoms with van der Waals surface area (Å²) in [5.74, 6) is 0.676. The fourth-order valence-corrected chi connectivity index (χ4v) is 3.85. The van der Waals surface area contributed by atoms with E-state index in [0.29, 0.717) is 12.2 Å². The third-order valence-corrected chi connectivity index (χ3v) is 5.52. The molecule has 0 fully saturated rings. The number of hydrogen-bond donors (Lipinski definition) is 2. The van der Waals surface area contributed by atoms with Crippen LogP contribution < -0.4 is 15.1 Å². The number of methoxy groups -OCH3 is 1. The number of hydrogen-bond acceptors (Lipinski definition) is 4. The molecular weight excluding hydrogens is 354 g/mol. The number of H-pyrrole nitrogens is 1. The average Bonchev–Trinajstić information content (AvgIpc) is 2.96. The van der Waals surface area contributed by atoms with E-state index in [9.17, 15) is 13.2 Å². The summed E-state index contributed by atoms with van der Waals surface area (Å²) in [6, 6.07) is 14.6. The summed E-state index contributed by atoms with van der Waals surface area (Å²) in [5, 5.41) is 0. The summed E-state index contributed by atoms with van der Waals surface area (Å²) in [4.78, 5) is 14.7. The number of sulfonamides is 1. The third kappa shape index (κ3) is 4.33. The number of rotatable bonds is 8. The highest BCUT2D eigenvalue weighted by atomic mass is 32.2. The van der Waals surface area contributed by atoms with E-state index in [1.807, 2.05) is 48.5 Å². The van der Waals surface area contributed by atoms with Gasteiger partial charge in [-0.15, -0.1) is 0 Å². The van der Waals surface area contributed by atoms with Gasteiger partial charge >= 0.3 is 5.69 Å². The van der Waals surface area contributed by atoms with Crippen LogP contribution in [0.1, 0.15) is 5.56 Å². The van der Waals surface area contributed by atoms with Crippen LogP contribution in [-0.4, -0.2) is 37.4 Å². The first kappa shape index (κ1) is 18.2. The number of nitrogens with one attached hydrogen (secondary N) is 2. The van der Waals surface area contributed by atoms with Gasteiger partial charge in [0, 0.05) is 13.1 Å². The van der Waals surface area contributed by atoms with Crippen LogP contribution in [0.15, 0.2) is 53.3 Å². The second kappa shape index (κ2) is 7.76. The van der Waals surface area contributed by atoms with Gasteiger partial charge in [-0.3, -0.25) is 4.57 Å². The summed E-state index contributed by atoms with van der Waals surface area (Å²) < 4.78 is 33.6. The van der Waals surface area contributed by atoms with Crippen molar-refractivity contribution in [3.8, 4) is 5.75 Å². The predicted molar refractivity (Wildman–Crippen MR) is 101 cm³/mol. The number of para-hydroxylation sites is 2. The molecule has 7 nitrogen and oxygen atoms in total. The van der Waals surface area contributed by atoms with Gasteiger partial charge < -0.3 is 9.72 Å². The largest absolute Gasteiger partial charge is 0.497 e. The highest BCUT2D eigenvalue weighted by Crippen LogP contribution is 2.13. The van der Waals surface area contributed by atoms with Gasteiger partial charge in [-0.05, 0) is 36.2 Å². The number of aryl methyl sites for hydroxylation is 1. The molecule has 0 saturated heterocycles. The molecule has 0 bridgehead atoms. The first-order valence-corrected chi connectivity index (χ1v) is 9.91. The van der Waals surface area contributed by atoms with Crippen molar-refractivity contribution >= 4 is 21.1 Å². The minimum absolute atomic E-state index is 0.0249. The van der Waals surface area contributed by atoms with Gasteiger partial charge in [-0.25, -0.2) is 17.9 Å². The molecule has 0 atom stereocenters. The van der Waals surface area contributed by atoms with Crippen molar-refractivity contribution in [3.63, 3.8) is 0 Å². The minimum Gasteiger partial charge on any atom is -0.497 e. The molecule has 2 aromatic carbocycles. The zero-order valence-corrected chi connectivity index (χ0v) is 15.3. The monoisotopic (exact) mass is 375 g/mol. The molecule has 3 aromatic rings. The number of imidazole rings is 1. The number of nitrogens with zero attached hydrogens (tertiary/aromatic N) is 1. The van der Waals surface area contributed by atoms with Crippen molar-refractivity contribution in [1.82, 2.24) is 14.3 Å². The quantitative estimate of drug-likeness (QED) is 0.624. The molecule has 0 unspecified atom stereocenters. The Morgan fingerprint density at radius 2 is 1.96 bits per heavy atom. The van der Waals surface area contributed by atoms with E-state index in [0.717, 1.165) is 16.6 Å². The number of benzene rings is 2. The van der Waals surface area contributed by atoms with Crippen molar-refractivity contribution in [2.75, 3.05) is 19.4 Å². The molecule has 8 heteroatoms. The smallest absolute Gasteiger partial charge is 0.326 e. The molecule has 2 N–H and O–H groups in total. The van der Waals surface area contributed by atoms with Gasteiger partial charge in [0.05, 0.1) is 23.9 Å². The Labute approximate surface area is 151 Å². The molecule has 0 aliphatic rings. The molecule has 0 aliphatic heterocycles. The Bertz CT molecular complexity index is 1050. The molecule has 0 amide bonds. The number of ether oxygens (including phenoxy) is 1. The zero-order valence-electron chi connectivity index (χ0n) is 14.4. The molecule has 3 rings (SSSR count). The van der Waals surface area contributed by atoms with Gasteiger partial charge in [0.15, 0.2) is 0 Å². The summed E-state index contributed by atoms with van der Waals surface area (Å²) >= 11 is 0. The SMILES string of the molecule is COc1cccc(CCS(=O)(=O)NCCn2c(=O)[nH]c3ccccc32)c1. The van der Waals surface area contributed by atoms with Crippen molar-refractivity contribution < 1.29 is 13.2 Å². The molecule has 0 spiro atoms. The second-order valence-corrected chi connectivity index (χ2v) is 7.84. The number of fused-ring (bicyclic) bond motifs is 1. The van der Waals surface area contributed by atoms with Crippen LogP contribution >= 0.6 is 0 Å². The van der Waals surface area contributed by atoms with Crippen LogP contribution in [0.5, 0.6) is 5.75 Å². The normalized spacial score (nSPS) is 11.7. The lowest BCUT2D eigenvalue weighted by molar-refractivity contribution is 0.414. The second-order valence-electron chi connectivity index (χ2n) is 5.91. The Hall–Kier alpha value is -2.58. The van der Waals surface area contributed by atoms with Crippen molar-refractivity contribution in [2.24, 2.45) is 0 Å². The highest BCUT2D eigenvalue weighted by Gasteiger charge is 2.12. The minimum atomic E-state index is -3.44. The lowest BCUT2D eigenvalue weighted by atomic mass is 10.2. The Kier molecular flexibility index (Phi) is 5.43.